The minimum atomic E-state index is -1.94. The zero-order valence-electron chi connectivity index (χ0n) is 43.4. The third kappa shape index (κ3) is 20.5. The van der Waals surface area contributed by atoms with Crippen LogP contribution in [0, 0.1) is 17.8 Å². The number of nitrogens with two attached hydrogens (primary N) is 5. The van der Waals surface area contributed by atoms with E-state index < -0.39 is 169 Å². The van der Waals surface area contributed by atoms with Gasteiger partial charge >= 0.3 is 0 Å². The molecule has 0 aromatic heterocycles. The van der Waals surface area contributed by atoms with Crippen LogP contribution in [0.15, 0.2) is 24.3 Å². The highest BCUT2D eigenvalue weighted by atomic mass is 16.3. The fourth-order valence-corrected chi connectivity index (χ4v) is 7.86. The number of carbonyl (C=O) groups is 12. The Hall–Kier alpha value is -7.26. The van der Waals surface area contributed by atoms with E-state index in [1.807, 2.05) is 0 Å². The Morgan fingerprint density at radius 2 is 1.16 bits per heavy atom. The number of imide groups is 1. The van der Waals surface area contributed by atoms with Crippen LogP contribution in [0.3, 0.4) is 0 Å². The van der Waals surface area contributed by atoms with Gasteiger partial charge in [-0.2, -0.15) is 0 Å². The van der Waals surface area contributed by atoms with E-state index in [1.165, 1.54) is 24.3 Å². The summed E-state index contributed by atoms with van der Waals surface area (Å²) in [7, 11) is 0. The van der Waals surface area contributed by atoms with Gasteiger partial charge in [0, 0.05) is 19.3 Å². The molecule has 27 nitrogen and oxygen atoms in total. The number of aliphatic hydroxyl groups excluding tert-OH is 1. The highest BCUT2D eigenvalue weighted by Gasteiger charge is 2.45. The highest BCUT2D eigenvalue weighted by Crippen LogP contribution is 2.23. The monoisotopic (exact) mass is 1060 g/mol. The van der Waals surface area contributed by atoms with Crippen molar-refractivity contribution in [2.45, 2.75) is 160 Å². The summed E-state index contributed by atoms with van der Waals surface area (Å²) in [6.07, 6.45) is -1.34. The molecular formula is C48H77N13O14. The van der Waals surface area contributed by atoms with Crippen molar-refractivity contribution < 1.29 is 67.7 Å². The number of rotatable bonds is 31. The van der Waals surface area contributed by atoms with Crippen LogP contribution in [0.4, 0.5) is 0 Å². The van der Waals surface area contributed by atoms with Crippen LogP contribution in [0.25, 0.3) is 0 Å². The zero-order chi connectivity index (χ0) is 56.9. The van der Waals surface area contributed by atoms with Crippen LogP contribution >= 0.6 is 0 Å². The first-order chi connectivity index (χ1) is 35.1. The number of aliphatic hydroxyl groups is 1. The Balaban J connectivity index is 2.75. The Bertz CT molecular complexity index is 2210. The molecule has 1 saturated heterocycles. The first kappa shape index (κ1) is 63.9. The van der Waals surface area contributed by atoms with Gasteiger partial charge in [0.05, 0.1) is 25.1 Å². The van der Waals surface area contributed by atoms with E-state index in [9.17, 15) is 63.0 Å². The molecular weight excluding hydrogens is 983 g/mol. The van der Waals surface area contributed by atoms with Gasteiger partial charge in [0.15, 0.2) is 0 Å². The standard InChI is InChI=1S/C48H77N13O14/c1-7-25(6)39(46(73)60-38(24(4)5)45(72)55-28(40(53)67)15-17-34(49)64)61(47(74)30-10-8-9-19-54-30)48(75)32(20-26-11-13-27(63)14-12-26)58-42(69)31(21-36(51)66)57-41(68)29(16-18-35(50)65)56-43(70)33(22-62)59-44(71)37(52)23(2)3/h11-14,23-25,28-33,37-39,54,62-63H,7-10,15-22,52H2,1-6H3,(H2,49,64)(H2,50,65)(H2,51,66)(H2,53,67)(H,55,72)(H,56,70)(H,57,68)(H,58,69)(H,59,71)(H,60,73)/t25-,28-,29-,30?,31-,32-,33-,37-,38-,39-/m0/s1. The van der Waals surface area contributed by atoms with Gasteiger partial charge in [-0.25, -0.2) is 0 Å². The van der Waals surface area contributed by atoms with Crippen LogP contribution in [-0.2, 0) is 64.0 Å². The molecule has 0 spiro atoms. The summed E-state index contributed by atoms with van der Waals surface area (Å²) >= 11 is 0. The van der Waals surface area contributed by atoms with Crippen molar-refractivity contribution in [3.63, 3.8) is 0 Å². The number of carbonyl (C=O) groups excluding carboxylic acids is 12. The van der Waals surface area contributed by atoms with Crippen LogP contribution in [0.1, 0.15) is 105 Å². The van der Waals surface area contributed by atoms with Crippen molar-refractivity contribution in [3.8, 4) is 5.75 Å². The molecule has 1 aliphatic rings. The average Bonchev–Trinajstić information content (AvgIpc) is 3.35. The Morgan fingerprint density at radius 3 is 1.65 bits per heavy atom. The minimum Gasteiger partial charge on any atom is -0.508 e. The third-order valence-corrected chi connectivity index (χ3v) is 12.6. The molecule has 1 unspecified atom stereocenters. The molecule has 1 aromatic carbocycles. The lowest BCUT2D eigenvalue weighted by Crippen LogP contribution is -2.66. The maximum atomic E-state index is 15.4. The van der Waals surface area contributed by atoms with Gasteiger partial charge in [-0.05, 0) is 67.7 Å². The number of nitrogens with one attached hydrogen (secondary N) is 7. The highest BCUT2D eigenvalue weighted by molar-refractivity contribution is 6.06. The molecule has 1 heterocycles. The number of piperidine rings is 1. The number of hydrogen-bond donors (Lipinski definition) is 14. The number of aromatic hydroxyl groups is 1. The lowest BCUT2D eigenvalue weighted by Gasteiger charge is -2.39. The predicted octanol–water partition coefficient (Wildman–Crippen LogP) is -4.72. The molecule has 27 heteroatoms. The third-order valence-electron chi connectivity index (χ3n) is 12.6. The summed E-state index contributed by atoms with van der Waals surface area (Å²) in [6, 6.07) is -8.37. The SMILES string of the molecule is CC[C@H](C)[C@@H](C(=O)N[C@H](C(=O)N[C@@H](CCC(N)=O)C(N)=O)C(C)C)N(C(=O)C1CCCCN1)C(=O)[C@H](Cc1ccc(O)cc1)NC(=O)[C@H](CC(N)=O)NC(=O)[C@H](CCC(N)=O)NC(=O)[C@H](CO)NC(=O)[C@@H](N)C(C)C. The van der Waals surface area contributed by atoms with Crippen molar-refractivity contribution in [3.05, 3.63) is 29.8 Å². The largest absolute Gasteiger partial charge is 0.508 e. The molecule has 1 fully saturated rings. The molecule has 10 atom stereocenters. The molecule has 0 saturated carbocycles. The van der Waals surface area contributed by atoms with Crippen molar-refractivity contribution in [2.75, 3.05) is 13.2 Å². The average molecular weight is 1060 g/mol. The molecule has 12 amide bonds. The van der Waals surface area contributed by atoms with Crippen molar-refractivity contribution in [1.82, 2.24) is 42.1 Å². The van der Waals surface area contributed by atoms with E-state index in [-0.39, 0.29) is 37.4 Å². The van der Waals surface area contributed by atoms with Gasteiger partial charge in [-0.15, -0.1) is 0 Å². The Labute approximate surface area is 435 Å². The summed E-state index contributed by atoms with van der Waals surface area (Å²) < 4.78 is 0. The summed E-state index contributed by atoms with van der Waals surface area (Å²) in [5, 5.41) is 37.6. The molecule has 1 aromatic rings. The topological polar surface area (TPSA) is 463 Å². The van der Waals surface area contributed by atoms with E-state index in [1.54, 1.807) is 41.5 Å². The van der Waals surface area contributed by atoms with E-state index >= 15 is 4.79 Å². The number of benzene rings is 1. The van der Waals surface area contributed by atoms with Crippen LogP contribution in [0.5, 0.6) is 5.75 Å². The van der Waals surface area contributed by atoms with Gasteiger partial charge in [0.1, 0.15) is 48.0 Å². The van der Waals surface area contributed by atoms with E-state index in [0.29, 0.717) is 29.8 Å². The van der Waals surface area contributed by atoms with Crippen LogP contribution < -0.4 is 65.9 Å². The first-order valence-corrected chi connectivity index (χ1v) is 24.8. The second-order valence-corrected chi connectivity index (χ2v) is 19.3. The number of phenolic OH excluding ortho intramolecular Hbond substituents is 1. The zero-order valence-corrected chi connectivity index (χ0v) is 43.4. The van der Waals surface area contributed by atoms with Crippen molar-refractivity contribution >= 4 is 70.9 Å². The number of amides is 12. The molecule has 75 heavy (non-hydrogen) atoms. The Kier molecular flexibility index (Phi) is 26.2. The molecule has 418 valence electrons. The Morgan fingerprint density at radius 1 is 0.640 bits per heavy atom. The maximum absolute atomic E-state index is 15.4. The fraction of sp³-hybridized carbons (Fsp3) is 0.625. The number of primary amides is 4. The summed E-state index contributed by atoms with van der Waals surface area (Å²) in [6.45, 7) is 9.05. The van der Waals surface area contributed by atoms with Gasteiger partial charge in [0.2, 0.25) is 65.0 Å². The maximum Gasteiger partial charge on any atom is 0.252 e. The van der Waals surface area contributed by atoms with E-state index in [0.717, 1.165) is 0 Å². The molecule has 19 N–H and O–H groups in total. The molecule has 1 aliphatic heterocycles. The van der Waals surface area contributed by atoms with Gasteiger partial charge in [0.25, 0.3) is 5.91 Å². The predicted molar refractivity (Wildman–Crippen MR) is 269 cm³/mol. The lowest BCUT2D eigenvalue weighted by atomic mass is 9.92. The van der Waals surface area contributed by atoms with Gasteiger partial charge in [-0.1, -0.05) is 66.5 Å². The molecule has 0 aliphatic carbocycles. The normalized spacial score (nSPS) is 17.0. The van der Waals surface area contributed by atoms with Crippen molar-refractivity contribution in [1.29, 1.82) is 0 Å². The lowest BCUT2D eigenvalue weighted by molar-refractivity contribution is -0.157. The van der Waals surface area contributed by atoms with E-state index in [4.69, 9.17) is 28.7 Å². The number of nitrogens with zero attached hydrogens (tertiary/aromatic N) is 1. The number of phenols is 1. The minimum absolute atomic E-state index is 0.161. The van der Waals surface area contributed by atoms with E-state index in [2.05, 4.69) is 37.2 Å². The quantitative estimate of drug-likeness (QED) is 0.0332. The summed E-state index contributed by atoms with van der Waals surface area (Å²) in [5.41, 5.74) is 27.8. The second-order valence-electron chi connectivity index (χ2n) is 19.3. The van der Waals surface area contributed by atoms with Gasteiger partial charge < -0.3 is 76.1 Å². The molecule has 2 rings (SSSR count). The second kappa shape index (κ2) is 30.8. The van der Waals surface area contributed by atoms with Crippen LogP contribution in [-0.4, -0.2) is 154 Å². The summed E-state index contributed by atoms with van der Waals surface area (Å²) in [4.78, 5) is 162. The fourth-order valence-electron chi connectivity index (χ4n) is 7.86. The summed E-state index contributed by atoms with van der Waals surface area (Å²) in [5.74, 6) is -14.2. The van der Waals surface area contributed by atoms with Crippen molar-refractivity contribution in [2.24, 2.45) is 46.4 Å². The smallest absolute Gasteiger partial charge is 0.252 e. The molecule has 0 bridgehead atoms. The molecule has 0 radical (unpaired) electrons. The first-order valence-electron chi connectivity index (χ1n) is 24.8. The number of hydrogen-bond acceptors (Lipinski definition) is 16. The van der Waals surface area contributed by atoms with Gasteiger partial charge in [-0.3, -0.25) is 62.4 Å². The van der Waals surface area contributed by atoms with Crippen LogP contribution in [0.2, 0.25) is 0 Å².